The van der Waals surface area contributed by atoms with Gasteiger partial charge in [-0.1, -0.05) is 35.6 Å². The first-order valence-corrected chi connectivity index (χ1v) is 11.4. The first-order valence-electron chi connectivity index (χ1n) is 9.13. The average Bonchev–Trinajstić information content (AvgIpc) is 3.15. The SMILES string of the molecule is COc1cccc(NC(=O)Nc2ccc3nc(NS(=O)(=O)c4ccccc4)sc3c2)c1. The van der Waals surface area contributed by atoms with Crippen LogP contribution >= 0.6 is 11.3 Å². The van der Waals surface area contributed by atoms with Crippen LogP contribution in [-0.2, 0) is 10.0 Å². The number of hydrogen-bond donors (Lipinski definition) is 3. The van der Waals surface area contributed by atoms with Crippen molar-refractivity contribution in [2.24, 2.45) is 0 Å². The second kappa shape index (κ2) is 8.62. The molecular weight excluding hydrogens is 436 g/mol. The van der Waals surface area contributed by atoms with Gasteiger partial charge in [0, 0.05) is 17.4 Å². The van der Waals surface area contributed by atoms with E-state index in [4.69, 9.17) is 4.74 Å². The lowest BCUT2D eigenvalue weighted by atomic mass is 10.3. The Kier molecular flexibility index (Phi) is 5.74. The second-order valence-electron chi connectivity index (χ2n) is 6.43. The van der Waals surface area contributed by atoms with E-state index in [1.54, 1.807) is 67.8 Å². The van der Waals surface area contributed by atoms with Gasteiger partial charge in [0.1, 0.15) is 5.75 Å². The summed E-state index contributed by atoms with van der Waals surface area (Å²) in [5.41, 5.74) is 1.76. The summed E-state index contributed by atoms with van der Waals surface area (Å²) in [6, 6.07) is 19.8. The number of nitrogens with zero attached hydrogens (tertiary/aromatic N) is 1. The quantitative estimate of drug-likeness (QED) is 0.389. The number of anilines is 3. The van der Waals surface area contributed by atoms with Crippen LogP contribution in [0, 0.1) is 0 Å². The number of carbonyl (C=O) groups is 1. The fourth-order valence-electron chi connectivity index (χ4n) is 2.81. The molecule has 1 heterocycles. The van der Waals surface area contributed by atoms with E-state index in [1.807, 2.05) is 0 Å². The van der Waals surface area contributed by atoms with Gasteiger partial charge in [0.25, 0.3) is 10.0 Å². The van der Waals surface area contributed by atoms with Gasteiger partial charge in [-0.15, -0.1) is 0 Å². The van der Waals surface area contributed by atoms with Gasteiger partial charge in [-0.2, -0.15) is 0 Å². The third-order valence-electron chi connectivity index (χ3n) is 4.25. The predicted molar refractivity (Wildman–Crippen MR) is 123 cm³/mol. The van der Waals surface area contributed by atoms with Gasteiger partial charge >= 0.3 is 6.03 Å². The molecule has 0 aliphatic heterocycles. The first-order chi connectivity index (χ1) is 14.9. The summed E-state index contributed by atoms with van der Waals surface area (Å²) in [4.78, 5) is 16.8. The van der Waals surface area contributed by atoms with E-state index in [1.165, 1.54) is 23.5 Å². The minimum absolute atomic E-state index is 0.158. The molecule has 0 bridgehead atoms. The maximum absolute atomic E-state index is 12.5. The number of ether oxygens (including phenoxy) is 1. The van der Waals surface area contributed by atoms with Crippen molar-refractivity contribution in [2.75, 3.05) is 22.5 Å². The summed E-state index contributed by atoms with van der Waals surface area (Å²) in [7, 11) is -2.17. The van der Waals surface area contributed by atoms with Gasteiger partial charge in [-0.05, 0) is 42.5 Å². The number of thiazole rings is 1. The highest BCUT2D eigenvalue weighted by Gasteiger charge is 2.16. The zero-order valence-electron chi connectivity index (χ0n) is 16.3. The number of carbonyl (C=O) groups excluding carboxylic acids is 1. The number of sulfonamides is 1. The molecule has 10 heteroatoms. The Balaban J connectivity index is 1.48. The summed E-state index contributed by atoms with van der Waals surface area (Å²) >= 11 is 1.18. The molecule has 4 aromatic rings. The highest BCUT2D eigenvalue weighted by atomic mass is 32.2. The van der Waals surface area contributed by atoms with E-state index in [0.717, 1.165) is 4.70 Å². The van der Waals surface area contributed by atoms with E-state index in [2.05, 4.69) is 20.3 Å². The van der Waals surface area contributed by atoms with Crippen molar-refractivity contribution in [3.05, 3.63) is 72.8 Å². The molecule has 8 nitrogen and oxygen atoms in total. The van der Waals surface area contributed by atoms with Crippen LogP contribution in [0.5, 0.6) is 5.75 Å². The highest BCUT2D eigenvalue weighted by molar-refractivity contribution is 7.93. The van der Waals surface area contributed by atoms with Crippen LogP contribution < -0.4 is 20.1 Å². The number of benzene rings is 3. The number of aromatic nitrogens is 1. The molecule has 1 aromatic heterocycles. The van der Waals surface area contributed by atoms with Crippen molar-refractivity contribution >= 4 is 54.1 Å². The van der Waals surface area contributed by atoms with Crippen LogP contribution in [0.4, 0.5) is 21.3 Å². The van der Waals surface area contributed by atoms with E-state index in [9.17, 15) is 13.2 Å². The van der Waals surface area contributed by atoms with E-state index in [0.29, 0.717) is 22.6 Å². The van der Waals surface area contributed by atoms with E-state index in [-0.39, 0.29) is 10.0 Å². The van der Waals surface area contributed by atoms with Gasteiger partial charge in [0.2, 0.25) is 0 Å². The molecule has 0 radical (unpaired) electrons. The predicted octanol–water partition coefficient (Wildman–Crippen LogP) is 4.75. The van der Waals surface area contributed by atoms with Crippen LogP contribution in [0.3, 0.4) is 0 Å². The number of rotatable bonds is 6. The molecule has 2 amide bonds. The monoisotopic (exact) mass is 454 g/mol. The zero-order valence-corrected chi connectivity index (χ0v) is 18.0. The number of methoxy groups -OCH3 is 1. The fraction of sp³-hybridized carbons (Fsp3) is 0.0476. The van der Waals surface area contributed by atoms with Gasteiger partial charge < -0.3 is 15.4 Å². The molecule has 4 rings (SSSR count). The van der Waals surface area contributed by atoms with Crippen molar-refractivity contribution in [1.29, 1.82) is 0 Å². The second-order valence-corrected chi connectivity index (χ2v) is 9.14. The molecule has 0 aliphatic carbocycles. The number of nitrogens with one attached hydrogen (secondary N) is 3. The molecule has 0 spiro atoms. The summed E-state index contributed by atoms with van der Waals surface area (Å²) in [6.07, 6.45) is 0. The number of fused-ring (bicyclic) bond motifs is 1. The molecule has 0 unspecified atom stereocenters. The summed E-state index contributed by atoms with van der Waals surface area (Å²) in [6.45, 7) is 0. The van der Waals surface area contributed by atoms with Crippen LogP contribution in [0.1, 0.15) is 0 Å². The van der Waals surface area contributed by atoms with Crippen LogP contribution in [-0.4, -0.2) is 26.5 Å². The van der Waals surface area contributed by atoms with Crippen LogP contribution in [0.2, 0.25) is 0 Å². The van der Waals surface area contributed by atoms with Crippen molar-refractivity contribution in [3.8, 4) is 5.75 Å². The largest absolute Gasteiger partial charge is 0.497 e. The number of amides is 2. The molecular formula is C21H18N4O4S2. The molecule has 3 N–H and O–H groups in total. The van der Waals surface area contributed by atoms with Crippen LogP contribution in [0.25, 0.3) is 10.2 Å². The van der Waals surface area contributed by atoms with Gasteiger partial charge in [-0.25, -0.2) is 18.2 Å². The van der Waals surface area contributed by atoms with Crippen molar-refractivity contribution < 1.29 is 17.9 Å². The number of hydrogen-bond acceptors (Lipinski definition) is 6. The maximum atomic E-state index is 12.5. The number of urea groups is 1. The van der Waals surface area contributed by atoms with Gasteiger partial charge in [0.15, 0.2) is 5.13 Å². The molecule has 0 saturated heterocycles. The summed E-state index contributed by atoms with van der Waals surface area (Å²) in [5.74, 6) is 0.634. The van der Waals surface area contributed by atoms with Crippen molar-refractivity contribution in [2.45, 2.75) is 4.90 Å². The molecule has 0 atom stereocenters. The molecule has 0 aliphatic rings. The lowest BCUT2D eigenvalue weighted by molar-refractivity contribution is 0.262. The first kappa shape index (κ1) is 20.6. The standard InChI is InChI=1S/C21H18N4O4S2/c1-29-16-7-5-6-14(12-16)22-20(26)23-15-10-11-18-19(13-15)30-21(24-18)25-31(27,28)17-8-3-2-4-9-17/h2-13H,1H3,(H,24,25)(H2,22,23,26). The Morgan fingerprint density at radius 3 is 2.42 bits per heavy atom. The Labute approximate surface area is 183 Å². The van der Waals surface area contributed by atoms with Crippen molar-refractivity contribution in [3.63, 3.8) is 0 Å². The van der Waals surface area contributed by atoms with Crippen LogP contribution in [0.15, 0.2) is 77.7 Å². The molecule has 0 saturated carbocycles. The third kappa shape index (κ3) is 4.93. The smallest absolute Gasteiger partial charge is 0.323 e. The molecule has 31 heavy (non-hydrogen) atoms. The third-order valence-corrected chi connectivity index (χ3v) is 6.67. The Morgan fingerprint density at radius 2 is 1.68 bits per heavy atom. The Bertz CT molecular complexity index is 1340. The summed E-state index contributed by atoms with van der Waals surface area (Å²) in [5, 5.41) is 5.73. The molecule has 3 aromatic carbocycles. The van der Waals surface area contributed by atoms with Gasteiger partial charge in [-0.3, -0.25) is 4.72 Å². The fourth-order valence-corrected chi connectivity index (χ4v) is 4.97. The molecule has 0 fully saturated rings. The highest BCUT2D eigenvalue weighted by Crippen LogP contribution is 2.30. The normalized spacial score (nSPS) is 11.1. The van der Waals surface area contributed by atoms with E-state index < -0.39 is 16.1 Å². The zero-order chi connectivity index (χ0) is 21.8. The lowest BCUT2D eigenvalue weighted by Gasteiger charge is -2.08. The summed E-state index contributed by atoms with van der Waals surface area (Å²) < 4.78 is 33.3. The lowest BCUT2D eigenvalue weighted by Crippen LogP contribution is -2.19. The van der Waals surface area contributed by atoms with E-state index >= 15 is 0 Å². The van der Waals surface area contributed by atoms with Gasteiger partial charge in [0.05, 0.1) is 22.2 Å². The Morgan fingerprint density at radius 1 is 0.935 bits per heavy atom. The Hall–Kier alpha value is -3.63. The maximum Gasteiger partial charge on any atom is 0.323 e. The molecule has 158 valence electrons. The minimum Gasteiger partial charge on any atom is -0.497 e. The van der Waals surface area contributed by atoms with Crippen molar-refractivity contribution in [1.82, 2.24) is 4.98 Å². The minimum atomic E-state index is -3.72. The average molecular weight is 455 g/mol. The topological polar surface area (TPSA) is 109 Å².